The number of halogens is 1. The molecular weight excluding hydrogens is 279 g/mol. The standard InChI is InChI=1S/C14H17FN2O2S/c1-19-13(18)10-6-8-17(9-7-10)14(20)16-12-5-3-2-4-11(12)15/h2-5,10H,6-9H2,1H3,(H,16,20). The van der Waals surface area contributed by atoms with Gasteiger partial charge in [0.05, 0.1) is 18.7 Å². The molecule has 0 radical (unpaired) electrons. The predicted molar refractivity (Wildman–Crippen MR) is 78.9 cm³/mol. The van der Waals surface area contributed by atoms with Crippen LogP contribution in [-0.4, -0.2) is 36.2 Å². The van der Waals surface area contributed by atoms with E-state index in [-0.39, 0.29) is 17.7 Å². The average molecular weight is 296 g/mol. The first-order chi connectivity index (χ1) is 9.61. The van der Waals surface area contributed by atoms with E-state index >= 15 is 0 Å². The lowest BCUT2D eigenvalue weighted by molar-refractivity contribution is -0.146. The van der Waals surface area contributed by atoms with Gasteiger partial charge in [0.2, 0.25) is 0 Å². The highest BCUT2D eigenvalue weighted by atomic mass is 32.1. The first kappa shape index (κ1) is 14.7. The minimum atomic E-state index is -0.334. The van der Waals surface area contributed by atoms with Crippen LogP contribution in [0, 0.1) is 11.7 Å². The van der Waals surface area contributed by atoms with Crippen LogP contribution in [0.5, 0.6) is 0 Å². The van der Waals surface area contributed by atoms with Crippen LogP contribution >= 0.6 is 12.2 Å². The van der Waals surface area contributed by atoms with Crippen molar-refractivity contribution in [3.8, 4) is 0 Å². The van der Waals surface area contributed by atoms with Crippen molar-refractivity contribution in [2.24, 2.45) is 5.92 Å². The molecule has 0 spiro atoms. The summed E-state index contributed by atoms with van der Waals surface area (Å²) in [5.41, 5.74) is 0.368. The molecule has 1 aliphatic rings. The molecule has 1 N–H and O–H groups in total. The summed E-state index contributed by atoms with van der Waals surface area (Å²) >= 11 is 5.28. The minimum Gasteiger partial charge on any atom is -0.469 e. The summed E-state index contributed by atoms with van der Waals surface area (Å²) in [6.07, 6.45) is 1.40. The summed E-state index contributed by atoms with van der Waals surface area (Å²) in [6, 6.07) is 6.40. The average Bonchev–Trinajstić information content (AvgIpc) is 2.49. The number of nitrogens with zero attached hydrogens (tertiary/aromatic N) is 1. The lowest BCUT2D eigenvalue weighted by Gasteiger charge is -2.32. The highest BCUT2D eigenvalue weighted by Crippen LogP contribution is 2.20. The molecule has 0 aliphatic carbocycles. The number of benzene rings is 1. The molecule has 1 aromatic carbocycles. The van der Waals surface area contributed by atoms with Crippen LogP contribution in [0.1, 0.15) is 12.8 Å². The lowest BCUT2D eigenvalue weighted by atomic mass is 9.97. The minimum absolute atomic E-state index is 0.0625. The van der Waals surface area contributed by atoms with Crippen molar-refractivity contribution >= 4 is 29.0 Å². The largest absolute Gasteiger partial charge is 0.469 e. The first-order valence-electron chi connectivity index (χ1n) is 6.50. The van der Waals surface area contributed by atoms with Gasteiger partial charge in [-0.25, -0.2) is 4.39 Å². The molecule has 1 fully saturated rings. The number of carbonyl (C=O) groups is 1. The topological polar surface area (TPSA) is 41.6 Å². The highest BCUT2D eigenvalue weighted by Gasteiger charge is 2.26. The Morgan fingerprint density at radius 2 is 2.05 bits per heavy atom. The summed E-state index contributed by atoms with van der Waals surface area (Å²) in [7, 11) is 1.40. The molecule has 0 saturated carbocycles. The number of esters is 1. The van der Waals surface area contributed by atoms with Crippen LogP contribution in [0.3, 0.4) is 0 Å². The Labute approximate surface area is 122 Å². The SMILES string of the molecule is COC(=O)C1CCN(C(=S)Nc2ccccc2F)CC1. The van der Waals surface area contributed by atoms with Crippen molar-refractivity contribution in [2.75, 3.05) is 25.5 Å². The Balaban J connectivity index is 1.89. The fraction of sp³-hybridized carbons (Fsp3) is 0.429. The van der Waals surface area contributed by atoms with Crippen LogP contribution in [0.25, 0.3) is 0 Å². The zero-order chi connectivity index (χ0) is 14.5. The third kappa shape index (κ3) is 3.45. The van der Waals surface area contributed by atoms with E-state index in [0.717, 1.165) is 0 Å². The molecule has 1 saturated heterocycles. The number of rotatable bonds is 2. The number of piperidine rings is 1. The Kier molecular flexibility index (Phi) is 4.89. The van der Waals surface area contributed by atoms with Crippen molar-refractivity contribution in [1.29, 1.82) is 0 Å². The number of nitrogens with one attached hydrogen (secondary N) is 1. The van der Waals surface area contributed by atoms with Gasteiger partial charge in [0.15, 0.2) is 5.11 Å². The molecule has 108 valence electrons. The smallest absolute Gasteiger partial charge is 0.308 e. The van der Waals surface area contributed by atoms with Crippen LogP contribution < -0.4 is 5.32 Å². The lowest BCUT2D eigenvalue weighted by Crippen LogP contribution is -2.42. The van der Waals surface area contributed by atoms with Gasteiger partial charge in [-0.05, 0) is 37.2 Å². The van der Waals surface area contributed by atoms with E-state index in [1.165, 1.54) is 13.2 Å². The molecule has 1 aromatic rings. The number of ether oxygens (including phenoxy) is 1. The maximum atomic E-state index is 13.5. The molecule has 0 amide bonds. The van der Waals surface area contributed by atoms with E-state index in [9.17, 15) is 9.18 Å². The number of likely N-dealkylation sites (tertiary alicyclic amines) is 1. The number of para-hydroxylation sites is 1. The fourth-order valence-corrected chi connectivity index (χ4v) is 2.53. The number of methoxy groups -OCH3 is 1. The van der Waals surface area contributed by atoms with Gasteiger partial charge in [-0.15, -0.1) is 0 Å². The van der Waals surface area contributed by atoms with E-state index in [0.29, 0.717) is 36.7 Å². The summed E-state index contributed by atoms with van der Waals surface area (Å²) in [6.45, 7) is 1.33. The second kappa shape index (κ2) is 6.65. The second-order valence-corrected chi connectivity index (χ2v) is 5.08. The normalized spacial score (nSPS) is 15.8. The van der Waals surface area contributed by atoms with Gasteiger partial charge in [0, 0.05) is 13.1 Å². The number of carbonyl (C=O) groups excluding carboxylic acids is 1. The molecule has 1 aliphatic heterocycles. The molecule has 4 nitrogen and oxygen atoms in total. The Morgan fingerprint density at radius 3 is 2.65 bits per heavy atom. The summed E-state index contributed by atoms with van der Waals surface area (Å²) < 4.78 is 18.3. The molecule has 20 heavy (non-hydrogen) atoms. The van der Waals surface area contributed by atoms with E-state index in [1.807, 2.05) is 4.90 Å². The maximum absolute atomic E-state index is 13.5. The number of hydrogen-bond acceptors (Lipinski definition) is 3. The monoisotopic (exact) mass is 296 g/mol. The molecular formula is C14H17FN2O2S. The van der Waals surface area contributed by atoms with Gasteiger partial charge >= 0.3 is 5.97 Å². The van der Waals surface area contributed by atoms with Crippen molar-refractivity contribution < 1.29 is 13.9 Å². The van der Waals surface area contributed by atoms with Crippen molar-refractivity contribution in [1.82, 2.24) is 4.90 Å². The fourth-order valence-electron chi connectivity index (χ4n) is 2.24. The van der Waals surface area contributed by atoms with Gasteiger partial charge in [0.25, 0.3) is 0 Å². The van der Waals surface area contributed by atoms with Crippen LogP contribution in [0.15, 0.2) is 24.3 Å². The Bertz CT molecular complexity index is 502. The quantitative estimate of drug-likeness (QED) is 0.670. The Morgan fingerprint density at radius 1 is 1.40 bits per heavy atom. The summed E-state index contributed by atoms with van der Waals surface area (Å²) in [4.78, 5) is 13.4. The number of thiocarbonyl (C=S) groups is 1. The molecule has 0 aromatic heterocycles. The molecule has 1 heterocycles. The third-order valence-corrected chi connectivity index (χ3v) is 3.79. The first-order valence-corrected chi connectivity index (χ1v) is 6.91. The van der Waals surface area contributed by atoms with E-state index < -0.39 is 0 Å². The maximum Gasteiger partial charge on any atom is 0.308 e. The molecule has 0 atom stereocenters. The molecule has 0 unspecified atom stereocenters. The van der Waals surface area contributed by atoms with E-state index in [2.05, 4.69) is 5.32 Å². The summed E-state index contributed by atoms with van der Waals surface area (Å²) in [5.74, 6) is -0.565. The van der Waals surface area contributed by atoms with Gasteiger partial charge < -0.3 is 15.0 Å². The van der Waals surface area contributed by atoms with E-state index in [1.54, 1.807) is 18.2 Å². The third-order valence-electron chi connectivity index (χ3n) is 3.43. The van der Waals surface area contributed by atoms with Gasteiger partial charge in [-0.2, -0.15) is 0 Å². The zero-order valence-electron chi connectivity index (χ0n) is 11.3. The predicted octanol–water partition coefficient (Wildman–Crippen LogP) is 2.41. The zero-order valence-corrected chi connectivity index (χ0v) is 12.1. The van der Waals surface area contributed by atoms with Gasteiger partial charge in [-0.3, -0.25) is 4.79 Å². The van der Waals surface area contributed by atoms with Crippen molar-refractivity contribution in [3.05, 3.63) is 30.1 Å². The molecule has 6 heteroatoms. The van der Waals surface area contributed by atoms with Crippen molar-refractivity contribution in [2.45, 2.75) is 12.8 Å². The highest BCUT2D eigenvalue weighted by molar-refractivity contribution is 7.80. The van der Waals surface area contributed by atoms with Crippen LogP contribution in [0.2, 0.25) is 0 Å². The number of anilines is 1. The van der Waals surface area contributed by atoms with Crippen LogP contribution in [0.4, 0.5) is 10.1 Å². The molecule has 2 rings (SSSR count). The van der Waals surface area contributed by atoms with Gasteiger partial charge in [-0.1, -0.05) is 12.1 Å². The second-order valence-electron chi connectivity index (χ2n) is 4.69. The molecule has 0 bridgehead atoms. The summed E-state index contributed by atoms with van der Waals surface area (Å²) in [5, 5.41) is 3.39. The van der Waals surface area contributed by atoms with Crippen LogP contribution in [-0.2, 0) is 9.53 Å². The van der Waals surface area contributed by atoms with Gasteiger partial charge in [0.1, 0.15) is 5.82 Å². The van der Waals surface area contributed by atoms with E-state index in [4.69, 9.17) is 17.0 Å². The Hall–Kier alpha value is -1.69. The van der Waals surface area contributed by atoms with Crippen molar-refractivity contribution in [3.63, 3.8) is 0 Å². The number of hydrogen-bond donors (Lipinski definition) is 1.